The van der Waals surface area contributed by atoms with Crippen molar-refractivity contribution in [2.24, 2.45) is 0 Å². The van der Waals surface area contributed by atoms with E-state index in [1.165, 1.54) is 0 Å². The molecule has 3 aromatic carbocycles. The van der Waals surface area contributed by atoms with E-state index in [9.17, 15) is 9.59 Å². The number of carbonyl (C=O) groups excluding carboxylic acids is 2. The molecule has 0 saturated carbocycles. The first-order valence-corrected chi connectivity index (χ1v) is 12.2. The lowest BCUT2D eigenvalue weighted by atomic mass is 10.0. The van der Waals surface area contributed by atoms with E-state index in [-0.39, 0.29) is 31.0 Å². The van der Waals surface area contributed by atoms with Crippen LogP contribution in [0, 0.1) is 13.8 Å². The Bertz CT molecular complexity index is 1160. The van der Waals surface area contributed by atoms with Gasteiger partial charge in [-0.1, -0.05) is 54.6 Å². The average Bonchev–Trinajstić information content (AvgIpc) is 2.86. The van der Waals surface area contributed by atoms with Gasteiger partial charge >= 0.3 is 0 Å². The summed E-state index contributed by atoms with van der Waals surface area (Å²) < 4.78 is 11.3. The predicted molar refractivity (Wildman–Crippen MR) is 142 cm³/mol. The smallest absolute Gasteiger partial charge is 0.261 e. The number of benzene rings is 3. The van der Waals surface area contributed by atoms with Gasteiger partial charge in [-0.2, -0.15) is 0 Å². The SMILES string of the molecule is COc1cccc(CN(C(=O)COc2cc(C)ccc2C)[C@@H](Cc2ccccc2)C(=O)NC(C)C)c1. The third-order valence-electron chi connectivity index (χ3n) is 5.88. The predicted octanol–water partition coefficient (Wildman–Crippen LogP) is 4.86. The fraction of sp³-hybridized carbons (Fsp3) is 0.333. The summed E-state index contributed by atoms with van der Waals surface area (Å²) in [5.74, 6) is 0.893. The van der Waals surface area contributed by atoms with Crippen molar-refractivity contribution < 1.29 is 19.1 Å². The van der Waals surface area contributed by atoms with E-state index in [2.05, 4.69) is 5.32 Å². The van der Waals surface area contributed by atoms with Crippen LogP contribution < -0.4 is 14.8 Å². The van der Waals surface area contributed by atoms with Gasteiger partial charge in [-0.25, -0.2) is 0 Å². The van der Waals surface area contributed by atoms with Gasteiger partial charge in [-0.3, -0.25) is 9.59 Å². The molecule has 0 saturated heterocycles. The van der Waals surface area contributed by atoms with E-state index in [1.807, 2.05) is 100 Å². The van der Waals surface area contributed by atoms with Gasteiger partial charge in [0.15, 0.2) is 6.61 Å². The van der Waals surface area contributed by atoms with Crippen molar-refractivity contribution in [1.29, 1.82) is 0 Å². The molecule has 6 nitrogen and oxygen atoms in total. The number of nitrogens with one attached hydrogen (secondary N) is 1. The van der Waals surface area contributed by atoms with Crippen molar-refractivity contribution in [3.8, 4) is 11.5 Å². The van der Waals surface area contributed by atoms with Crippen LogP contribution in [0.3, 0.4) is 0 Å². The molecule has 3 rings (SSSR count). The van der Waals surface area contributed by atoms with Crippen LogP contribution in [0.25, 0.3) is 0 Å². The van der Waals surface area contributed by atoms with Gasteiger partial charge < -0.3 is 19.7 Å². The Hall–Kier alpha value is -3.80. The Morgan fingerprint density at radius 3 is 2.33 bits per heavy atom. The van der Waals surface area contributed by atoms with E-state index >= 15 is 0 Å². The minimum Gasteiger partial charge on any atom is -0.497 e. The Balaban J connectivity index is 1.94. The van der Waals surface area contributed by atoms with Gasteiger partial charge in [-0.05, 0) is 68.1 Å². The molecule has 190 valence electrons. The first-order valence-electron chi connectivity index (χ1n) is 12.2. The molecule has 36 heavy (non-hydrogen) atoms. The minimum absolute atomic E-state index is 0.0595. The van der Waals surface area contributed by atoms with Crippen LogP contribution in [0.1, 0.15) is 36.1 Å². The number of nitrogens with zero attached hydrogens (tertiary/aromatic N) is 1. The van der Waals surface area contributed by atoms with Crippen molar-refractivity contribution >= 4 is 11.8 Å². The number of ether oxygens (including phenoxy) is 2. The third-order valence-corrected chi connectivity index (χ3v) is 5.88. The first-order chi connectivity index (χ1) is 17.3. The lowest BCUT2D eigenvalue weighted by Crippen LogP contribution is -2.52. The van der Waals surface area contributed by atoms with Crippen LogP contribution >= 0.6 is 0 Å². The van der Waals surface area contributed by atoms with Gasteiger partial charge in [0.1, 0.15) is 17.5 Å². The van der Waals surface area contributed by atoms with E-state index in [4.69, 9.17) is 9.47 Å². The largest absolute Gasteiger partial charge is 0.497 e. The molecule has 0 aliphatic rings. The molecule has 0 unspecified atom stereocenters. The number of rotatable bonds is 11. The summed E-state index contributed by atoms with van der Waals surface area (Å²) in [6.45, 7) is 7.82. The topological polar surface area (TPSA) is 67.9 Å². The molecule has 3 aromatic rings. The Morgan fingerprint density at radius 2 is 1.64 bits per heavy atom. The molecule has 0 spiro atoms. The van der Waals surface area contributed by atoms with Gasteiger partial charge in [0, 0.05) is 19.0 Å². The van der Waals surface area contributed by atoms with E-state index < -0.39 is 6.04 Å². The lowest BCUT2D eigenvalue weighted by Gasteiger charge is -2.32. The molecule has 1 atom stereocenters. The van der Waals surface area contributed by atoms with Crippen LogP contribution in [-0.4, -0.2) is 42.5 Å². The summed E-state index contributed by atoms with van der Waals surface area (Å²) in [7, 11) is 1.61. The molecule has 0 heterocycles. The molecule has 0 fully saturated rings. The van der Waals surface area contributed by atoms with Crippen molar-refractivity contribution in [2.45, 2.75) is 52.7 Å². The molecule has 2 amide bonds. The Kier molecular flexibility index (Phi) is 9.51. The second kappa shape index (κ2) is 12.8. The summed E-state index contributed by atoms with van der Waals surface area (Å²) >= 11 is 0. The number of amides is 2. The normalized spacial score (nSPS) is 11.6. The molecule has 0 aliphatic carbocycles. The van der Waals surface area contributed by atoms with Crippen molar-refractivity contribution in [1.82, 2.24) is 10.2 Å². The quantitative estimate of drug-likeness (QED) is 0.419. The molecule has 0 radical (unpaired) electrons. The van der Waals surface area contributed by atoms with E-state index in [1.54, 1.807) is 12.0 Å². The lowest BCUT2D eigenvalue weighted by molar-refractivity contribution is -0.143. The standard InChI is InChI=1S/C30H36N2O4/c1-21(2)31-30(34)27(18-24-10-7-6-8-11-24)32(19-25-12-9-13-26(17-25)35-5)29(33)20-36-28-16-22(3)14-15-23(28)4/h6-17,21,27H,18-20H2,1-5H3,(H,31,34)/t27-/m0/s1. The second-order valence-electron chi connectivity index (χ2n) is 9.30. The maximum Gasteiger partial charge on any atom is 0.261 e. The van der Waals surface area contributed by atoms with E-state index in [0.29, 0.717) is 17.9 Å². The maximum absolute atomic E-state index is 13.7. The van der Waals surface area contributed by atoms with Crippen molar-refractivity contribution in [3.05, 3.63) is 95.1 Å². The van der Waals surface area contributed by atoms with Gasteiger partial charge in [0.05, 0.1) is 7.11 Å². The minimum atomic E-state index is -0.712. The fourth-order valence-electron chi connectivity index (χ4n) is 3.99. The van der Waals surface area contributed by atoms with Crippen molar-refractivity contribution in [2.75, 3.05) is 13.7 Å². The summed E-state index contributed by atoms with van der Waals surface area (Å²) in [5, 5.41) is 3.00. The monoisotopic (exact) mass is 488 g/mol. The first kappa shape index (κ1) is 26.8. The third kappa shape index (κ3) is 7.60. The number of carbonyl (C=O) groups is 2. The highest BCUT2D eigenvalue weighted by Crippen LogP contribution is 2.21. The highest BCUT2D eigenvalue weighted by molar-refractivity contribution is 5.88. The summed E-state index contributed by atoms with van der Waals surface area (Å²) in [5.41, 5.74) is 3.84. The highest BCUT2D eigenvalue weighted by atomic mass is 16.5. The summed E-state index contributed by atoms with van der Waals surface area (Å²) in [6.07, 6.45) is 0.387. The number of aryl methyl sites for hydroxylation is 2. The van der Waals surface area contributed by atoms with Crippen LogP contribution in [0.5, 0.6) is 11.5 Å². The highest BCUT2D eigenvalue weighted by Gasteiger charge is 2.31. The molecule has 0 aliphatic heterocycles. The summed E-state index contributed by atoms with van der Waals surface area (Å²) in [6, 6.07) is 22.4. The zero-order chi connectivity index (χ0) is 26.1. The second-order valence-corrected chi connectivity index (χ2v) is 9.30. The Morgan fingerprint density at radius 1 is 0.917 bits per heavy atom. The number of methoxy groups -OCH3 is 1. The van der Waals surface area contributed by atoms with Crippen LogP contribution in [0.4, 0.5) is 0 Å². The zero-order valence-corrected chi connectivity index (χ0v) is 21.8. The number of hydrogen-bond acceptors (Lipinski definition) is 4. The molecule has 0 aromatic heterocycles. The van der Waals surface area contributed by atoms with Crippen LogP contribution in [0.15, 0.2) is 72.8 Å². The van der Waals surface area contributed by atoms with Gasteiger partial charge in [0.25, 0.3) is 5.91 Å². The van der Waals surface area contributed by atoms with Gasteiger partial charge in [-0.15, -0.1) is 0 Å². The molecule has 1 N–H and O–H groups in total. The molecule has 6 heteroatoms. The average molecular weight is 489 g/mol. The molecule has 0 bridgehead atoms. The van der Waals surface area contributed by atoms with Crippen LogP contribution in [0.2, 0.25) is 0 Å². The summed E-state index contributed by atoms with van der Waals surface area (Å²) in [4.78, 5) is 28.7. The van der Waals surface area contributed by atoms with Crippen molar-refractivity contribution in [3.63, 3.8) is 0 Å². The van der Waals surface area contributed by atoms with E-state index in [0.717, 1.165) is 22.3 Å². The zero-order valence-electron chi connectivity index (χ0n) is 21.8. The Labute approximate surface area is 214 Å². The molecular weight excluding hydrogens is 452 g/mol. The van der Waals surface area contributed by atoms with Gasteiger partial charge in [0.2, 0.25) is 5.91 Å². The maximum atomic E-state index is 13.7. The molecular formula is C30H36N2O4. The van der Waals surface area contributed by atoms with Crippen LogP contribution in [-0.2, 0) is 22.6 Å². The number of hydrogen-bond donors (Lipinski definition) is 1. The fourth-order valence-corrected chi connectivity index (χ4v) is 3.99.